The van der Waals surface area contributed by atoms with Gasteiger partial charge in [0.05, 0.1) is 6.54 Å². The van der Waals surface area contributed by atoms with Gasteiger partial charge in [0.2, 0.25) is 0 Å². The maximum atomic E-state index is 12.2. The summed E-state index contributed by atoms with van der Waals surface area (Å²) in [6.45, 7) is 3.94. The fourth-order valence-electron chi connectivity index (χ4n) is 2.50. The third-order valence-corrected chi connectivity index (χ3v) is 3.68. The van der Waals surface area contributed by atoms with E-state index in [-0.39, 0.29) is 24.0 Å². The molecule has 0 spiro atoms. The number of hydrogen-bond donors (Lipinski definition) is 2. The van der Waals surface area contributed by atoms with Gasteiger partial charge in [-0.2, -0.15) is 13.2 Å². The Morgan fingerprint density at radius 1 is 1.20 bits per heavy atom. The smallest absolute Gasteiger partial charge is 0.370 e. The van der Waals surface area contributed by atoms with Gasteiger partial charge < -0.3 is 11.1 Å². The fraction of sp³-hybridized carbons (Fsp3) is 0.588. The highest BCUT2D eigenvalue weighted by molar-refractivity contribution is 14.0. The minimum absolute atomic E-state index is 0. The summed E-state index contributed by atoms with van der Waals surface area (Å²) in [5.41, 5.74) is 9.23. The van der Waals surface area contributed by atoms with Crippen molar-refractivity contribution in [1.29, 1.82) is 0 Å². The zero-order chi connectivity index (χ0) is 18.2. The van der Waals surface area contributed by atoms with Crippen LogP contribution in [0.1, 0.15) is 31.4 Å². The Morgan fingerprint density at radius 3 is 2.24 bits per heavy atom. The SMILES string of the molecule is CCc1cccc(CC)c1NC(N)=NCCCN(C)CC(F)(F)F.I. The van der Waals surface area contributed by atoms with Crippen LogP contribution in [0.5, 0.6) is 0 Å². The lowest BCUT2D eigenvalue weighted by Crippen LogP contribution is -2.32. The lowest BCUT2D eigenvalue weighted by atomic mass is 10.0. The summed E-state index contributed by atoms with van der Waals surface area (Å²) in [4.78, 5) is 5.45. The highest BCUT2D eigenvalue weighted by Gasteiger charge is 2.28. The first-order valence-corrected chi connectivity index (χ1v) is 8.19. The van der Waals surface area contributed by atoms with Crippen LogP contribution in [0.4, 0.5) is 18.9 Å². The number of halogens is 4. The van der Waals surface area contributed by atoms with Crippen molar-refractivity contribution >= 4 is 35.6 Å². The Labute approximate surface area is 165 Å². The monoisotopic (exact) mass is 472 g/mol. The molecular weight excluding hydrogens is 444 g/mol. The molecule has 0 radical (unpaired) electrons. The van der Waals surface area contributed by atoms with Gasteiger partial charge in [-0.15, -0.1) is 24.0 Å². The van der Waals surface area contributed by atoms with Gasteiger partial charge in [0.1, 0.15) is 0 Å². The van der Waals surface area contributed by atoms with Gasteiger partial charge >= 0.3 is 6.18 Å². The highest BCUT2D eigenvalue weighted by atomic mass is 127. The molecule has 8 heteroatoms. The normalized spacial score (nSPS) is 12.2. The molecule has 0 aliphatic heterocycles. The molecule has 0 unspecified atom stereocenters. The summed E-state index contributed by atoms with van der Waals surface area (Å²) in [5.74, 6) is 0.295. The minimum atomic E-state index is -4.17. The summed E-state index contributed by atoms with van der Waals surface area (Å²) in [7, 11) is 1.45. The summed E-state index contributed by atoms with van der Waals surface area (Å²) in [6, 6.07) is 6.11. The van der Waals surface area contributed by atoms with E-state index in [2.05, 4.69) is 24.2 Å². The van der Waals surface area contributed by atoms with Crippen LogP contribution in [-0.2, 0) is 12.8 Å². The molecular formula is C17H28F3IN4. The molecule has 0 amide bonds. The topological polar surface area (TPSA) is 53.6 Å². The van der Waals surface area contributed by atoms with Crippen LogP contribution < -0.4 is 11.1 Å². The number of hydrogen-bond acceptors (Lipinski definition) is 2. The Bertz CT molecular complexity index is 525. The fourth-order valence-corrected chi connectivity index (χ4v) is 2.50. The number of para-hydroxylation sites is 1. The van der Waals surface area contributed by atoms with Crippen LogP contribution in [0.15, 0.2) is 23.2 Å². The Kier molecular flexibility index (Phi) is 11.1. The van der Waals surface area contributed by atoms with E-state index >= 15 is 0 Å². The average molecular weight is 472 g/mol. The van der Waals surface area contributed by atoms with Crippen LogP contribution in [0.2, 0.25) is 0 Å². The molecule has 1 rings (SSSR count). The summed E-state index contributed by atoms with van der Waals surface area (Å²) >= 11 is 0. The van der Waals surface area contributed by atoms with E-state index in [4.69, 9.17) is 5.73 Å². The molecule has 144 valence electrons. The van der Waals surface area contributed by atoms with Gasteiger partial charge in [-0.05, 0) is 44.0 Å². The van der Waals surface area contributed by atoms with E-state index in [0.717, 1.165) is 29.7 Å². The van der Waals surface area contributed by atoms with Gasteiger partial charge in [0.25, 0.3) is 0 Å². The van der Waals surface area contributed by atoms with Crippen molar-refractivity contribution in [1.82, 2.24) is 4.90 Å². The molecule has 0 bridgehead atoms. The molecule has 0 aliphatic rings. The molecule has 3 N–H and O–H groups in total. The number of nitrogens with one attached hydrogen (secondary N) is 1. The molecule has 0 heterocycles. The van der Waals surface area contributed by atoms with E-state index < -0.39 is 12.7 Å². The number of aryl methyl sites for hydroxylation is 2. The molecule has 0 aromatic heterocycles. The van der Waals surface area contributed by atoms with Crippen molar-refractivity contribution in [3.05, 3.63) is 29.3 Å². The number of alkyl halides is 3. The van der Waals surface area contributed by atoms with Gasteiger partial charge in [-0.25, -0.2) is 0 Å². The number of nitrogens with two attached hydrogens (primary N) is 1. The first-order valence-electron chi connectivity index (χ1n) is 8.19. The van der Waals surface area contributed by atoms with Crippen LogP contribution >= 0.6 is 24.0 Å². The molecule has 4 nitrogen and oxygen atoms in total. The zero-order valence-corrected chi connectivity index (χ0v) is 17.3. The molecule has 0 saturated carbocycles. The number of aliphatic imine (C=N–C) groups is 1. The van der Waals surface area contributed by atoms with Gasteiger partial charge in [0.15, 0.2) is 5.96 Å². The van der Waals surface area contributed by atoms with Crippen molar-refractivity contribution in [2.24, 2.45) is 10.7 Å². The van der Waals surface area contributed by atoms with Crippen molar-refractivity contribution in [3.63, 3.8) is 0 Å². The predicted octanol–water partition coefficient (Wildman–Crippen LogP) is 4.04. The third-order valence-electron chi connectivity index (χ3n) is 3.68. The van der Waals surface area contributed by atoms with E-state index in [1.165, 1.54) is 11.9 Å². The maximum absolute atomic E-state index is 12.2. The summed E-state index contributed by atoms with van der Waals surface area (Å²) < 4.78 is 36.7. The number of anilines is 1. The molecule has 0 saturated heterocycles. The van der Waals surface area contributed by atoms with Crippen molar-refractivity contribution in [3.8, 4) is 0 Å². The molecule has 1 aromatic rings. The van der Waals surface area contributed by atoms with Crippen LogP contribution in [0.3, 0.4) is 0 Å². The largest absolute Gasteiger partial charge is 0.401 e. The third kappa shape index (κ3) is 9.29. The van der Waals surface area contributed by atoms with E-state index in [9.17, 15) is 13.2 Å². The number of benzene rings is 1. The molecule has 25 heavy (non-hydrogen) atoms. The second-order valence-corrected chi connectivity index (χ2v) is 5.76. The van der Waals surface area contributed by atoms with Crippen LogP contribution in [-0.4, -0.2) is 43.7 Å². The van der Waals surface area contributed by atoms with Crippen molar-refractivity contribution in [2.75, 3.05) is 32.0 Å². The standard InChI is InChI=1S/C17H27F3N4.HI/c1-4-13-8-6-9-14(5-2)15(13)23-16(21)22-10-7-11-24(3)12-17(18,19)20;/h6,8-9H,4-5,7,10-12H2,1-3H3,(H3,21,22,23);1H. The molecule has 0 fully saturated rings. The quantitative estimate of drug-likeness (QED) is 0.260. The van der Waals surface area contributed by atoms with Crippen molar-refractivity contribution < 1.29 is 13.2 Å². The van der Waals surface area contributed by atoms with Gasteiger partial charge in [-0.1, -0.05) is 32.0 Å². The molecule has 0 aliphatic carbocycles. The minimum Gasteiger partial charge on any atom is -0.370 e. The number of guanidine groups is 1. The summed E-state index contributed by atoms with van der Waals surface area (Å²) in [5, 5.41) is 3.14. The Hall–Kier alpha value is -1.03. The molecule has 0 atom stereocenters. The lowest BCUT2D eigenvalue weighted by molar-refractivity contribution is -0.143. The molecule has 1 aromatic carbocycles. The zero-order valence-electron chi connectivity index (χ0n) is 15.0. The first kappa shape index (κ1) is 24.0. The maximum Gasteiger partial charge on any atom is 0.401 e. The highest BCUT2D eigenvalue weighted by Crippen LogP contribution is 2.22. The van der Waals surface area contributed by atoms with Crippen LogP contribution in [0, 0.1) is 0 Å². The summed E-state index contributed by atoms with van der Waals surface area (Å²) in [6.07, 6.45) is -1.89. The van der Waals surface area contributed by atoms with E-state index in [1.807, 2.05) is 18.2 Å². The lowest BCUT2D eigenvalue weighted by Gasteiger charge is -2.18. The van der Waals surface area contributed by atoms with E-state index in [0.29, 0.717) is 25.5 Å². The Morgan fingerprint density at radius 2 is 1.76 bits per heavy atom. The van der Waals surface area contributed by atoms with E-state index in [1.54, 1.807) is 0 Å². The second kappa shape index (κ2) is 11.6. The Balaban J connectivity index is 0.00000576. The second-order valence-electron chi connectivity index (χ2n) is 5.76. The average Bonchev–Trinajstić information content (AvgIpc) is 2.50. The number of nitrogens with zero attached hydrogens (tertiary/aromatic N) is 2. The first-order chi connectivity index (χ1) is 11.3. The van der Waals surface area contributed by atoms with Crippen LogP contribution in [0.25, 0.3) is 0 Å². The number of rotatable bonds is 8. The van der Waals surface area contributed by atoms with Gasteiger partial charge in [-0.3, -0.25) is 9.89 Å². The predicted molar refractivity (Wildman–Crippen MR) is 109 cm³/mol. The van der Waals surface area contributed by atoms with Gasteiger partial charge in [0, 0.05) is 12.2 Å². The van der Waals surface area contributed by atoms with Crippen molar-refractivity contribution in [2.45, 2.75) is 39.3 Å².